The molecule has 0 radical (unpaired) electrons. The van der Waals surface area contributed by atoms with E-state index in [1.54, 1.807) is 0 Å². The number of rotatable bonds is 4. The molecule has 8 bridgehead atoms. The van der Waals surface area contributed by atoms with Crippen molar-refractivity contribution in [3.63, 3.8) is 0 Å². The van der Waals surface area contributed by atoms with Crippen LogP contribution in [0.3, 0.4) is 0 Å². The number of hydrogen-bond acceptors (Lipinski definition) is 2. The van der Waals surface area contributed by atoms with Crippen molar-refractivity contribution < 1.29 is 0 Å². The maximum absolute atomic E-state index is 5.25. The molecule has 0 fully saturated rings. The fraction of sp³-hybridized carbons (Fsp3) is 0.111. The van der Waals surface area contributed by atoms with Gasteiger partial charge in [0.2, 0.25) is 0 Å². The lowest BCUT2D eigenvalue weighted by Gasteiger charge is -2.11. The molecule has 2 N–H and O–H groups in total. The molecule has 2 aromatic carbocycles. The van der Waals surface area contributed by atoms with Crippen LogP contribution in [0.1, 0.15) is 54.5 Å². The third-order valence-corrected chi connectivity index (χ3v) is 7.84. The molecular formula is C36H30N4. The summed E-state index contributed by atoms with van der Waals surface area (Å²) in [5, 5.41) is 0. The Kier molecular flexibility index (Phi) is 6.01. The zero-order valence-electron chi connectivity index (χ0n) is 22.6. The van der Waals surface area contributed by atoms with Crippen LogP contribution in [0.2, 0.25) is 0 Å². The summed E-state index contributed by atoms with van der Waals surface area (Å²) in [7, 11) is 0. The van der Waals surface area contributed by atoms with E-state index >= 15 is 0 Å². The van der Waals surface area contributed by atoms with Crippen LogP contribution < -0.4 is 0 Å². The molecule has 5 aromatic rings. The van der Waals surface area contributed by atoms with Crippen LogP contribution in [0, 0.1) is 0 Å². The standard InChI is InChI=1S/C36H30N4/c1-3-23(2)34-28-18-20-32(39-28)35(24-10-6-4-7-11-24)30-16-14-26(37-30)22-27-15-17-31(38-27)36(25-12-8-5-9-13-25)33-21-19-29(34)40-33/h4-23,37-38H,3H2,1-2H3. The van der Waals surface area contributed by atoms with Crippen LogP contribution in [0.5, 0.6) is 0 Å². The molecule has 4 nitrogen and oxygen atoms in total. The molecule has 2 aliphatic heterocycles. The summed E-state index contributed by atoms with van der Waals surface area (Å²) in [6.45, 7) is 4.50. The average molecular weight is 519 g/mol. The molecule has 0 aliphatic carbocycles. The van der Waals surface area contributed by atoms with E-state index in [9.17, 15) is 0 Å². The fourth-order valence-corrected chi connectivity index (χ4v) is 5.69. The minimum absolute atomic E-state index is 0.300. The molecule has 40 heavy (non-hydrogen) atoms. The molecule has 0 spiro atoms. The first-order chi connectivity index (χ1) is 19.7. The van der Waals surface area contributed by atoms with Gasteiger partial charge in [-0.3, -0.25) is 0 Å². The third-order valence-electron chi connectivity index (χ3n) is 7.84. The van der Waals surface area contributed by atoms with Gasteiger partial charge in [-0.15, -0.1) is 0 Å². The second kappa shape index (κ2) is 9.97. The minimum atomic E-state index is 0.300. The third kappa shape index (κ3) is 4.28. The molecule has 3 aromatic heterocycles. The lowest BCUT2D eigenvalue weighted by Crippen LogP contribution is -1.99. The Hall–Kier alpha value is -4.96. The Morgan fingerprint density at radius 1 is 0.575 bits per heavy atom. The summed E-state index contributed by atoms with van der Waals surface area (Å²) >= 11 is 0. The van der Waals surface area contributed by atoms with E-state index in [4.69, 9.17) is 9.97 Å². The molecule has 1 unspecified atom stereocenters. The molecule has 0 amide bonds. The summed E-state index contributed by atoms with van der Waals surface area (Å²) in [4.78, 5) is 17.8. The Bertz CT molecular complexity index is 1800. The van der Waals surface area contributed by atoms with Crippen molar-refractivity contribution in [3.8, 4) is 22.3 Å². The summed E-state index contributed by atoms with van der Waals surface area (Å²) in [6, 6.07) is 31.7. The van der Waals surface area contributed by atoms with Gasteiger partial charge in [0, 0.05) is 38.8 Å². The van der Waals surface area contributed by atoms with Gasteiger partial charge in [0.1, 0.15) is 0 Å². The van der Waals surface area contributed by atoms with E-state index in [2.05, 4.69) is 127 Å². The monoisotopic (exact) mass is 518 g/mol. The van der Waals surface area contributed by atoms with Crippen molar-refractivity contribution in [2.24, 2.45) is 0 Å². The van der Waals surface area contributed by atoms with Gasteiger partial charge in [0.25, 0.3) is 0 Å². The van der Waals surface area contributed by atoms with Crippen LogP contribution in [0.15, 0.2) is 91.0 Å². The van der Waals surface area contributed by atoms with E-state index in [0.717, 1.165) is 73.5 Å². The average Bonchev–Trinajstić information content (AvgIpc) is 3.81. The van der Waals surface area contributed by atoms with Crippen molar-refractivity contribution in [2.75, 3.05) is 0 Å². The van der Waals surface area contributed by atoms with Crippen LogP contribution in [-0.4, -0.2) is 19.9 Å². The van der Waals surface area contributed by atoms with E-state index in [1.165, 1.54) is 5.56 Å². The quantitative estimate of drug-likeness (QED) is 0.244. The van der Waals surface area contributed by atoms with E-state index in [0.29, 0.717) is 5.92 Å². The highest BCUT2D eigenvalue weighted by atomic mass is 14.8. The second-order valence-electron chi connectivity index (χ2n) is 10.4. The first-order valence-corrected chi connectivity index (χ1v) is 13.9. The summed E-state index contributed by atoms with van der Waals surface area (Å²) < 4.78 is 0. The zero-order valence-corrected chi connectivity index (χ0v) is 22.6. The maximum atomic E-state index is 5.25. The van der Waals surface area contributed by atoms with Crippen LogP contribution >= 0.6 is 0 Å². The predicted octanol–water partition coefficient (Wildman–Crippen LogP) is 9.50. The zero-order chi connectivity index (χ0) is 27.1. The molecule has 5 heterocycles. The van der Waals surface area contributed by atoms with E-state index in [1.807, 2.05) is 12.1 Å². The van der Waals surface area contributed by atoms with Gasteiger partial charge in [0.15, 0.2) is 0 Å². The van der Waals surface area contributed by atoms with Crippen molar-refractivity contribution in [3.05, 3.63) is 119 Å². The molecular weight excluding hydrogens is 488 g/mol. The lowest BCUT2D eigenvalue weighted by molar-refractivity contribution is 0.725. The maximum Gasteiger partial charge on any atom is 0.0737 e. The number of aromatic nitrogens is 4. The van der Waals surface area contributed by atoms with E-state index < -0.39 is 0 Å². The number of nitrogens with zero attached hydrogens (tertiary/aromatic N) is 2. The number of aromatic amines is 2. The highest BCUT2D eigenvalue weighted by Crippen LogP contribution is 2.35. The summed E-state index contributed by atoms with van der Waals surface area (Å²) in [5.41, 5.74) is 13.6. The summed E-state index contributed by atoms with van der Waals surface area (Å²) in [6.07, 6.45) is 9.59. The molecule has 194 valence electrons. The first-order valence-electron chi connectivity index (χ1n) is 13.9. The Labute approximate surface area is 233 Å². The largest absolute Gasteiger partial charge is 0.355 e. The smallest absolute Gasteiger partial charge is 0.0737 e. The fourth-order valence-electron chi connectivity index (χ4n) is 5.69. The molecule has 1 atom stereocenters. The number of fused-ring (bicyclic) bond motifs is 8. The van der Waals surface area contributed by atoms with Crippen molar-refractivity contribution in [2.45, 2.75) is 26.2 Å². The first kappa shape index (κ1) is 24.1. The predicted molar refractivity (Wildman–Crippen MR) is 168 cm³/mol. The number of hydrogen-bond donors (Lipinski definition) is 2. The Balaban J connectivity index is 1.64. The van der Waals surface area contributed by atoms with Gasteiger partial charge >= 0.3 is 0 Å². The topological polar surface area (TPSA) is 57.4 Å². The normalized spacial score (nSPS) is 13.1. The minimum Gasteiger partial charge on any atom is -0.355 e. The van der Waals surface area contributed by atoms with Gasteiger partial charge in [-0.1, -0.05) is 74.5 Å². The number of nitrogens with one attached hydrogen (secondary N) is 2. The lowest BCUT2D eigenvalue weighted by atomic mass is 9.95. The van der Waals surface area contributed by atoms with Crippen molar-refractivity contribution in [1.82, 2.24) is 19.9 Å². The van der Waals surface area contributed by atoms with Crippen molar-refractivity contribution in [1.29, 1.82) is 0 Å². The molecule has 7 rings (SSSR count). The highest BCUT2D eigenvalue weighted by molar-refractivity contribution is 5.93. The van der Waals surface area contributed by atoms with E-state index in [-0.39, 0.29) is 0 Å². The molecule has 4 heteroatoms. The van der Waals surface area contributed by atoms with Crippen molar-refractivity contribution >= 4 is 46.4 Å². The summed E-state index contributed by atoms with van der Waals surface area (Å²) in [5.74, 6) is 0.300. The van der Waals surface area contributed by atoms with Gasteiger partial charge < -0.3 is 9.97 Å². The van der Waals surface area contributed by atoms with Gasteiger partial charge in [-0.25, -0.2) is 9.97 Å². The van der Waals surface area contributed by atoms with Crippen LogP contribution in [-0.2, 0) is 0 Å². The SMILES string of the molecule is CCC(C)c1c2nc(c(-c3ccccc3)c3ccc(cc4ccc([nH]4)c(-c4ccccc4)c4nc1C=C4)[nH]3)C=C2. The Morgan fingerprint density at radius 3 is 1.48 bits per heavy atom. The van der Waals surface area contributed by atoms with Gasteiger partial charge in [0.05, 0.1) is 22.8 Å². The van der Waals surface area contributed by atoms with Gasteiger partial charge in [-0.05, 0) is 78.1 Å². The molecule has 2 aliphatic rings. The second-order valence-corrected chi connectivity index (χ2v) is 10.4. The highest BCUT2D eigenvalue weighted by Gasteiger charge is 2.20. The molecule has 0 saturated carbocycles. The number of benzene rings is 2. The Morgan fingerprint density at radius 2 is 1.02 bits per heavy atom. The molecule has 0 saturated heterocycles. The van der Waals surface area contributed by atoms with Crippen LogP contribution in [0.25, 0.3) is 68.6 Å². The van der Waals surface area contributed by atoms with Crippen LogP contribution in [0.4, 0.5) is 0 Å². The number of H-pyrrole nitrogens is 2. The van der Waals surface area contributed by atoms with Gasteiger partial charge in [-0.2, -0.15) is 0 Å².